The number of hydrogen-bond donors (Lipinski definition) is 1. The molecule has 4 nitrogen and oxygen atoms in total. The Labute approximate surface area is 105 Å². The van der Waals surface area contributed by atoms with Gasteiger partial charge >= 0.3 is 6.09 Å². The standard InChI is InChI=1S/C13H26N2O2/c1-2-17-13(16)14-9-5-3-6-10-15-11-7-4-8-12-15/h2-12H2,1H3,(H,14,16). The lowest BCUT2D eigenvalue weighted by Crippen LogP contribution is -2.30. The second kappa shape index (κ2) is 9.28. The largest absolute Gasteiger partial charge is 0.450 e. The highest BCUT2D eigenvalue weighted by atomic mass is 16.5. The maximum atomic E-state index is 11.0. The minimum absolute atomic E-state index is 0.288. The molecular weight excluding hydrogens is 216 g/mol. The molecule has 1 aliphatic rings. The fourth-order valence-electron chi connectivity index (χ4n) is 2.19. The second-order valence-electron chi connectivity index (χ2n) is 4.61. The van der Waals surface area contributed by atoms with Crippen LogP contribution in [0.3, 0.4) is 0 Å². The van der Waals surface area contributed by atoms with Gasteiger partial charge in [-0.25, -0.2) is 4.79 Å². The van der Waals surface area contributed by atoms with Gasteiger partial charge in [-0.3, -0.25) is 0 Å². The smallest absolute Gasteiger partial charge is 0.407 e. The Balaban J connectivity index is 1.85. The van der Waals surface area contributed by atoms with E-state index in [4.69, 9.17) is 4.74 Å². The van der Waals surface area contributed by atoms with Crippen LogP contribution in [0.4, 0.5) is 4.79 Å². The molecule has 0 aromatic heterocycles. The minimum atomic E-state index is -0.288. The summed E-state index contributed by atoms with van der Waals surface area (Å²) in [6.07, 6.45) is 7.32. The molecule has 1 rings (SSSR count). The molecule has 1 aliphatic heterocycles. The number of alkyl carbamates (subject to hydrolysis) is 1. The number of likely N-dealkylation sites (tertiary alicyclic amines) is 1. The summed E-state index contributed by atoms with van der Waals surface area (Å²) < 4.78 is 4.79. The highest BCUT2D eigenvalue weighted by Crippen LogP contribution is 2.09. The normalized spacial score (nSPS) is 16.8. The molecule has 0 saturated carbocycles. The summed E-state index contributed by atoms with van der Waals surface area (Å²) in [5.74, 6) is 0. The van der Waals surface area contributed by atoms with Crippen LogP contribution in [0.1, 0.15) is 45.4 Å². The van der Waals surface area contributed by atoms with Gasteiger partial charge in [0.1, 0.15) is 0 Å². The summed E-state index contributed by atoms with van der Waals surface area (Å²) in [5, 5.41) is 2.75. The number of carbonyl (C=O) groups excluding carboxylic acids is 1. The zero-order valence-corrected chi connectivity index (χ0v) is 11.0. The van der Waals surface area contributed by atoms with Crippen LogP contribution in [0.25, 0.3) is 0 Å². The van der Waals surface area contributed by atoms with Crippen LogP contribution in [-0.4, -0.2) is 43.8 Å². The van der Waals surface area contributed by atoms with E-state index in [2.05, 4.69) is 10.2 Å². The highest BCUT2D eigenvalue weighted by Gasteiger charge is 2.08. The number of piperidine rings is 1. The van der Waals surface area contributed by atoms with Crippen molar-refractivity contribution in [2.24, 2.45) is 0 Å². The van der Waals surface area contributed by atoms with Crippen LogP contribution in [0, 0.1) is 0 Å². The van der Waals surface area contributed by atoms with Crippen LogP contribution in [0.5, 0.6) is 0 Å². The molecule has 0 bridgehead atoms. The number of carbonyl (C=O) groups is 1. The number of rotatable bonds is 7. The van der Waals surface area contributed by atoms with Gasteiger partial charge < -0.3 is 15.0 Å². The Bertz CT molecular complexity index is 204. The SMILES string of the molecule is CCOC(=O)NCCCCCN1CCCCC1. The summed E-state index contributed by atoms with van der Waals surface area (Å²) in [6, 6.07) is 0. The van der Waals surface area contributed by atoms with Gasteiger partial charge in [-0.1, -0.05) is 12.8 Å². The Hall–Kier alpha value is -0.770. The van der Waals surface area contributed by atoms with Gasteiger partial charge in [0.15, 0.2) is 0 Å². The maximum Gasteiger partial charge on any atom is 0.407 e. The van der Waals surface area contributed by atoms with Gasteiger partial charge in [-0.05, 0) is 52.2 Å². The minimum Gasteiger partial charge on any atom is -0.450 e. The van der Waals surface area contributed by atoms with E-state index in [0.29, 0.717) is 6.61 Å². The number of unbranched alkanes of at least 4 members (excludes halogenated alkanes) is 2. The predicted molar refractivity (Wildman–Crippen MR) is 69.2 cm³/mol. The van der Waals surface area contributed by atoms with E-state index in [9.17, 15) is 4.79 Å². The van der Waals surface area contributed by atoms with E-state index < -0.39 is 0 Å². The molecule has 4 heteroatoms. The molecule has 0 aliphatic carbocycles. The predicted octanol–water partition coefficient (Wildman–Crippen LogP) is 2.39. The number of hydrogen-bond acceptors (Lipinski definition) is 3. The second-order valence-corrected chi connectivity index (χ2v) is 4.61. The molecule has 0 unspecified atom stereocenters. The van der Waals surface area contributed by atoms with Crippen LogP contribution in [0.15, 0.2) is 0 Å². The summed E-state index contributed by atoms with van der Waals surface area (Å²) in [5.41, 5.74) is 0. The van der Waals surface area contributed by atoms with Gasteiger partial charge in [-0.15, -0.1) is 0 Å². The highest BCUT2D eigenvalue weighted by molar-refractivity contribution is 5.66. The fraction of sp³-hybridized carbons (Fsp3) is 0.923. The Morgan fingerprint density at radius 3 is 2.65 bits per heavy atom. The van der Waals surface area contributed by atoms with Gasteiger partial charge in [0, 0.05) is 6.54 Å². The van der Waals surface area contributed by atoms with Crippen molar-refractivity contribution >= 4 is 6.09 Å². The fourth-order valence-corrected chi connectivity index (χ4v) is 2.19. The Kier molecular flexibility index (Phi) is 7.80. The van der Waals surface area contributed by atoms with Gasteiger partial charge in [0.25, 0.3) is 0 Å². The molecule has 17 heavy (non-hydrogen) atoms. The van der Waals surface area contributed by atoms with Crippen LogP contribution in [0.2, 0.25) is 0 Å². The molecule has 1 amide bonds. The number of nitrogens with zero attached hydrogens (tertiary/aromatic N) is 1. The van der Waals surface area contributed by atoms with E-state index in [-0.39, 0.29) is 6.09 Å². The van der Waals surface area contributed by atoms with E-state index in [1.807, 2.05) is 6.92 Å². The lowest BCUT2D eigenvalue weighted by atomic mass is 10.1. The van der Waals surface area contributed by atoms with Gasteiger partial charge in [0.05, 0.1) is 6.61 Å². The monoisotopic (exact) mass is 242 g/mol. The van der Waals surface area contributed by atoms with E-state index in [1.54, 1.807) is 0 Å². The van der Waals surface area contributed by atoms with Crippen molar-refractivity contribution in [1.29, 1.82) is 0 Å². The van der Waals surface area contributed by atoms with Crippen molar-refractivity contribution < 1.29 is 9.53 Å². The van der Waals surface area contributed by atoms with Crippen molar-refractivity contribution in [2.45, 2.75) is 45.4 Å². The van der Waals surface area contributed by atoms with Crippen molar-refractivity contribution in [1.82, 2.24) is 10.2 Å². The molecule has 0 aromatic carbocycles. The van der Waals surface area contributed by atoms with Crippen LogP contribution in [-0.2, 0) is 4.74 Å². The van der Waals surface area contributed by atoms with Crippen molar-refractivity contribution in [3.05, 3.63) is 0 Å². The third-order valence-electron chi connectivity index (χ3n) is 3.14. The first-order valence-electron chi connectivity index (χ1n) is 6.96. The van der Waals surface area contributed by atoms with Crippen molar-refractivity contribution in [3.8, 4) is 0 Å². The summed E-state index contributed by atoms with van der Waals surface area (Å²) in [4.78, 5) is 13.5. The average Bonchev–Trinajstić information content (AvgIpc) is 2.35. The summed E-state index contributed by atoms with van der Waals surface area (Å²) >= 11 is 0. The zero-order valence-electron chi connectivity index (χ0n) is 11.0. The first kappa shape index (κ1) is 14.3. The Morgan fingerprint density at radius 2 is 1.94 bits per heavy atom. The maximum absolute atomic E-state index is 11.0. The van der Waals surface area contributed by atoms with E-state index in [0.717, 1.165) is 13.0 Å². The molecule has 1 saturated heterocycles. The molecular formula is C13H26N2O2. The van der Waals surface area contributed by atoms with Crippen LogP contribution >= 0.6 is 0 Å². The number of nitrogens with one attached hydrogen (secondary N) is 1. The zero-order chi connectivity index (χ0) is 12.3. The first-order valence-corrected chi connectivity index (χ1v) is 6.96. The van der Waals surface area contributed by atoms with Gasteiger partial charge in [-0.2, -0.15) is 0 Å². The molecule has 0 spiro atoms. The lowest BCUT2D eigenvalue weighted by Gasteiger charge is -2.26. The topological polar surface area (TPSA) is 41.6 Å². The van der Waals surface area contributed by atoms with Crippen LogP contribution < -0.4 is 5.32 Å². The molecule has 100 valence electrons. The molecule has 1 N–H and O–H groups in total. The third-order valence-corrected chi connectivity index (χ3v) is 3.14. The summed E-state index contributed by atoms with van der Waals surface area (Å²) in [7, 11) is 0. The quantitative estimate of drug-likeness (QED) is 0.697. The van der Waals surface area contributed by atoms with Gasteiger partial charge in [0.2, 0.25) is 0 Å². The molecule has 1 heterocycles. The molecule has 0 aromatic rings. The molecule has 1 fully saturated rings. The molecule has 0 atom stereocenters. The van der Waals surface area contributed by atoms with Crippen molar-refractivity contribution in [3.63, 3.8) is 0 Å². The van der Waals surface area contributed by atoms with E-state index in [1.165, 1.54) is 51.7 Å². The van der Waals surface area contributed by atoms with E-state index >= 15 is 0 Å². The summed E-state index contributed by atoms with van der Waals surface area (Å²) in [6.45, 7) is 6.78. The first-order chi connectivity index (χ1) is 8.33. The molecule has 0 radical (unpaired) electrons. The number of ether oxygens (including phenoxy) is 1. The Morgan fingerprint density at radius 1 is 1.18 bits per heavy atom. The average molecular weight is 242 g/mol. The lowest BCUT2D eigenvalue weighted by molar-refractivity contribution is 0.152. The number of amides is 1. The third kappa shape index (κ3) is 7.21. The van der Waals surface area contributed by atoms with Crippen molar-refractivity contribution in [2.75, 3.05) is 32.8 Å².